The van der Waals surface area contributed by atoms with Crippen LogP contribution in [0.5, 0.6) is 0 Å². The van der Waals surface area contributed by atoms with Crippen LogP contribution in [-0.2, 0) is 33.2 Å². The second kappa shape index (κ2) is 26.8. The standard InChI is InChI=1S/C14H27N3O3.C14H26O3.C8H6O3.C3H9N3Si/c1-10-11(2)13(20-14(18-4)12(10)3)9-19-8-6-5-7-16-17-15;1-6-7-8-16-9-13-11(3)10(2)12(4)14(15-5)17-13;9-7-5-3-1-2-4-6(5)8(10)11-7;1-7(2,3)6-5-4/h10-14H,5-9H2,1-4H3;6,10-14H,1,7-9H2,2-5H3;1-4,7,9H;1-3H3/t2*10-,11-,12?,13?,14-;;/m00../s1. The highest BCUT2D eigenvalue weighted by Gasteiger charge is 2.40. The molecule has 0 spiro atoms. The normalized spacial score (nSPS) is 29.5. The van der Waals surface area contributed by atoms with Crippen LogP contribution < -0.4 is 0 Å². The van der Waals surface area contributed by atoms with E-state index < -0.39 is 20.5 Å². The van der Waals surface area contributed by atoms with Crippen LogP contribution in [-0.4, -0.2) is 91.3 Å². The third-order valence-corrected chi connectivity index (χ3v) is 11.0. The first-order valence-corrected chi connectivity index (χ1v) is 22.7. The van der Waals surface area contributed by atoms with Crippen LogP contribution in [0.1, 0.15) is 83.0 Å². The van der Waals surface area contributed by atoms with Crippen molar-refractivity contribution in [2.24, 2.45) is 45.4 Å². The number of azide groups is 2. The quantitative estimate of drug-likeness (QED) is 0.0342. The number of carbonyl (C=O) groups is 1. The summed E-state index contributed by atoms with van der Waals surface area (Å²) in [6.07, 6.45) is 3.43. The molecule has 0 radical (unpaired) electrons. The zero-order chi connectivity index (χ0) is 41.6. The van der Waals surface area contributed by atoms with Crippen LogP contribution in [0.25, 0.3) is 20.9 Å². The van der Waals surface area contributed by atoms with Crippen LogP contribution in [0, 0.1) is 35.5 Å². The summed E-state index contributed by atoms with van der Waals surface area (Å²) in [5.74, 6) is 2.47. The van der Waals surface area contributed by atoms with Gasteiger partial charge in [-0.05, 0) is 65.0 Å². The van der Waals surface area contributed by atoms with Crippen LogP contribution in [0.15, 0.2) is 46.8 Å². The third-order valence-electron chi connectivity index (χ3n) is 10.3. The first-order valence-electron chi connectivity index (χ1n) is 19.3. The van der Waals surface area contributed by atoms with Gasteiger partial charge in [0.25, 0.3) is 0 Å². The zero-order valence-corrected chi connectivity index (χ0v) is 36.0. The number of nitrogens with zero attached hydrogens (tertiary/aromatic N) is 6. The fourth-order valence-corrected chi connectivity index (χ4v) is 6.42. The van der Waals surface area contributed by atoms with Crippen molar-refractivity contribution in [1.82, 2.24) is 0 Å². The van der Waals surface area contributed by atoms with Gasteiger partial charge in [0, 0.05) is 49.7 Å². The lowest BCUT2D eigenvalue weighted by Gasteiger charge is -2.42. The fourth-order valence-electron chi connectivity index (χ4n) is 6.15. The molecule has 0 saturated carbocycles. The average molecular weight is 793 g/mol. The number of esters is 1. The van der Waals surface area contributed by atoms with Crippen molar-refractivity contribution in [2.45, 2.75) is 112 Å². The van der Waals surface area contributed by atoms with Crippen molar-refractivity contribution in [3.05, 3.63) is 68.9 Å². The number of benzene rings is 1. The van der Waals surface area contributed by atoms with E-state index in [1.165, 1.54) is 0 Å². The highest BCUT2D eigenvalue weighted by Crippen LogP contribution is 2.36. The molecule has 16 heteroatoms. The van der Waals surface area contributed by atoms with Gasteiger partial charge in [-0.25, -0.2) is 4.79 Å². The second-order valence-electron chi connectivity index (χ2n) is 15.3. The number of ether oxygens (including phenoxy) is 7. The first kappa shape index (κ1) is 50.0. The molecule has 3 aliphatic rings. The van der Waals surface area contributed by atoms with Crippen molar-refractivity contribution in [3.63, 3.8) is 0 Å². The lowest BCUT2D eigenvalue weighted by atomic mass is 9.79. The predicted octanol–water partition coefficient (Wildman–Crippen LogP) is 9.21. The number of carbonyl (C=O) groups excluding carboxylic acids is 1. The third kappa shape index (κ3) is 17.8. The van der Waals surface area contributed by atoms with Gasteiger partial charge in [-0.3, -0.25) is 0 Å². The van der Waals surface area contributed by atoms with Crippen LogP contribution in [0.3, 0.4) is 0 Å². The molecule has 11 atom stereocenters. The molecule has 1 aromatic rings. The van der Waals surface area contributed by atoms with Crippen LogP contribution >= 0.6 is 0 Å². The molecule has 55 heavy (non-hydrogen) atoms. The SMILES string of the molecule is C=CCCOCC1O[C@H](OC)C(C)[C@@H](C)[C@@H]1C.CO[C@H]1OC(COCCCCN=[N+]=[N-])[C@@H](C)[C@H](C)C1C.C[Si](C)(C)N=[N+]=[N-].O=C1OC(O)c2ccccc21. The number of aliphatic hydroxyl groups excluding tert-OH is 1. The van der Waals surface area contributed by atoms with Crippen molar-refractivity contribution in [1.29, 1.82) is 0 Å². The molecule has 3 heterocycles. The Balaban J connectivity index is 0.000000390. The number of fused-ring (bicyclic) bond motifs is 1. The zero-order valence-electron chi connectivity index (χ0n) is 35.0. The van der Waals surface area contributed by atoms with Gasteiger partial charge in [0.05, 0.1) is 37.6 Å². The summed E-state index contributed by atoms with van der Waals surface area (Å²) < 4.78 is 42.1. The van der Waals surface area contributed by atoms with E-state index in [-0.39, 0.29) is 24.8 Å². The Morgan fingerprint density at radius 2 is 1.35 bits per heavy atom. The summed E-state index contributed by atoms with van der Waals surface area (Å²) in [6, 6.07) is 6.79. The Bertz CT molecular complexity index is 1350. The highest BCUT2D eigenvalue weighted by atomic mass is 28.3. The fraction of sp³-hybridized carbons (Fsp3) is 0.769. The van der Waals surface area contributed by atoms with Gasteiger partial charge >= 0.3 is 5.97 Å². The summed E-state index contributed by atoms with van der Waals surface area (Å²) in [7, 11) is 1.95. The summed E-state index contributed by atoms with van der Waals surface area (Å²) in [5.41, 5.74) is 17.1. The van der Waals surface area contributed by atoms with Crippen LogP contribution in [0.2, 0.25) is 19.6 Å². The van der Waals surface area contributed by atoms with Crippen LogP contribution in [0.4, 0.5) is 0 Å². The molecule has 0 bridgehead atoms. The van der Waals surface area contributed by atoms with E-state index in [1.807, 2.05) is 25.7 Å². The Morgan fingerprint density at radius 1 is 0.818 bits per heavy atom. The second-order valence-corrected chi connectivity index (χ2v) is 19.8. The predicted molar refractivity (Wildman–Crippen MR) is 215 cm³/mol. The molecule has 0 aliphatic carbocycles. The summed E-state index contributed by atoms with van der Waals surface area (Å²) in [4.78, 5) is 16.3. The average Bonchev–Trinajstić information content (AvgIpc) is 3.45. The monoisotopic (exact) mass is 792 g/mol. The molecular weight excluding hydrogens is 725 g/mol. The van der Waals surface area contributed by atoms with E-state index in [4.69, 9.17) is 44.6 Å². The van der Waals surface area contributed by atoms with Crippen molar-refractivity contribution in [2.75, 3.05) is 47.2 Å². The molecule has 2 saturated heterocycles. The molecule has 5 unspecified atom stereocenters. The van der Waals surface area contributed by atoms with E-state index in [0.29, 0.717) is 73.0 Å². The smallest absolute Gasteiger partial charge is 0.341 e. The molecule has 2 fully saturated rings. The van der Waals surface area contributed by atoms with E-state index in [1.54, 1.807) is 38.5 Å². The Kier molecular flexibility index (Phi) is 24.3. The Labute approximate surface area is 329 Å². The number of unbranched alkanes of at least 4 members (excludes halogenated alkanes) is 1. The largest absolute Gasteiger partial charge is 0.428 e. The van der Waals surface area contributed by atoms with Gasteiger partial charge in [-0.1, -0.05) is 90.6 Å². The number of hydrogen-bond acceptors (Lipinski definition) is 11. The molecule has 3 aliphatic heterocycles. The number of cyclic esters (lactones) is 1. The molecule has 4 rings (SSSR count). The summed E-state index contributed by atoms with van der Waals surface area (Å²) in [6.45, 7) is 26.1. The van der Waals surface area contributed by atoms with Crippen molar-refractivity contribution in [3.8, 4) is 0 Å². The van der Waals surface area contributed by atoms with Gasteiger partial charge in [0.1, 0.15) is 8.24 Å². The van der Waals surface area contributed by atoms with E-state index in [2.05, 4.69) is 72.6 Å². The molecule has 0 amide bonds. The van der Waals surface area contributed by atoms with Crippen molar-refractivity contribution < 1.29 is 43.1 Å². The topological polar surface area (TPSA) is 199 Å². The molecule has 1 aromatic carbocycles. The molecule has 312 valence electrons. The highest BCUT2D eigenvalue weighted by molar-refractivity contribution is 6.74. The van der Waals surface area contributed by atoms with Gasteiger partial charge in [0.15, 0.2) is 12.6 Å². The lowest BCUT2D eigenvalue weighted by Crippen LogP contribution is -2.47. The minimum absolute atomic E-state index is 0.0864. The number of rotatable bonds is 15. The van der Waals surface area contributed by atoms with E-state index >= 15 is 0 Å². The maximum Gasteiger partial charge on any atom is 0.341 e. The number of methoxy groups -OCH3 is 2. The molecular formula is C39H68N6O9Si. The van der Waals surface area contributed by atoms with E-state index in [9.17, 15) is 4.79 Å². The van der Waals surface area contributed by atoms with Gasteiger partial charge in [-0.2, -0.15) is 0 Å². The maximum absolute atomic E-state index is 10.9. The summed E-state index contributed by atoms with van der Waals surface area (Å²) >= 11 is 0. The molecule has 15 nitrogen and oxygen atoms in total. The molecule has 1 N–H and O–H groups in total. The van der Waals surface area contributed by atoms with E-state index in [0.717, 1.165) is 25.9 Å². The Morgan fingerprint density at radius 3 is 1.78 bits per heavy atom. The number of aliphatic hydroxyl groups is 1. The minimum Gasteiger partial charge on any atom is -0.428 e. The van der Waals surface area contributed by atoms with Gasteiger partial charge in [0.2, 0.25) is 6.29 Å². The van der Waals surface area contributed by atoms with Gasteiger partial charge < -0.3 is 38.3 Å². The Hall–Kier alpha value is -3.01. The lowest BCUT2D eigenvalue weighted by molar-refractivity contribution is -0.247. The molecule has 0 aromatic heterocycles. The summed E-state index contributed by atoms with van der Waals surface area (Å²) in [5, 5.41) is 12.6. The van der Waals surface area contributed by atoms with Crippen molar-refractivity contribution >= 4 is 14.2 Å². The minimum atomic E-state index is -1.45. The number of hydrogen-bond donors (Lipinski definition) is 1. The maximum atomic E-state index is 10.9. The van der Waals surface area contributed by atoms with Gasteiger partial charge in [-0.15, -0.1) is 11.4 Å². The first-order chi connectivity index (χ1) is 26.1.